The summed E-state index contributed by atoms with van der Waals surface area (Å²) in [5.74, 6) is -0.705. The van der Waals surface area contributed by atoms with Crippen molar-refractivity contribution < 1.29 is 13.5 Å². The van der Waals surface area contributed by atoms with Gasteiger partial charge in [-0.15, -0.1) is 0 Å². The van der Waals surface area contributed by atoms with Crippen molar-refractivity contribution in [1.82, 2.24) is 0 Å². The Balaban J connectivity index is 2.97. The van der Waals surface area contributed by atoms with Gasteiger partial charge in [0.25, 0.3) is 0 Å². The van der Waals surface area contributed by atoms with Crippen LogP contribution in [-0.2, 0) is 9.84 Å². The van der Waals surface area contributed by atoms with Crippen LogP contribution in [-0.4, -0.2) is 31.1 Å². The lowest BCUT2D eigenvalue weighted by Crippen LogP contribution is -2.33. The monoisotopic (exact) mass is 217 g/mol. The van der Waals surface area contributed by atoms with Crippen LogP contribution < -0.4 is 0 Å². The minimum Gasteiger partial charge on any atom is -0.392 e. The average Bonchev–Trinajstić information content (AvgIpc) is 2.39. The first-order chi connectivity index (χ1) is 6.34. The molecule has 1 heterocycles. The molecule has 0 saturated carbocycles. The van der Waals surface area contributed by atoms with Gasteiger partial charge in [-0.25, -0.2) is 8.42 Å². The molecule has 1 aliphatic heterocycles. The lowest BCUT2D eigenvalue weighted by molar-refractivity contribution is 0.0894. The van der Waals surface area contributed by atoms with E-state index in [9.17, 15) is 13.5 Å². The summed E-state index contributed by atoms with van der Waals surface area (Å²) in [5, 5.41) is 18.6. The largest absolute Gasteiger partial charge is 0.392 e. The molecule has 1 saturated heterocycles. The predicted molar refractivity (Wildman–Crippen MR) is 52.2 cm³/mol. The maximum absolute atomic E-state index is 11.3. The van der Waals surface area contributed by atoms with E-state index < -0.39 is 27.3 Å². The topological polar surface area (TPSA) is 78.2 Å². The quantitative estimate of drug-likeness (QED) is 0.723. The first-order valence-electron chi connectivity index (χ1n) is 4.64. The van der Waals surface area contributed by atoms with Gasteiger partial charge in [-0.05, 0) is 13.3 Å². The second-order valence-corrected chi connectivity index (χ2v) is 6.29. The van der Waals surface area contributed by atoms with Crippen molar-refractivity contribution in [2.75, 3.05) is 11.5 Å². The van der Waals surface area contributed by atoms with Gasteiger partial charge in [-0.3, -0.25) is 0 Å². The molecule has 0 bridgehead atoms. The minimum absolute atomic E-state index is 0.0634. The van der Waals surface area contributed by atoms with Crippen LogP contribution in [0, 0.1) is 22.7 Å². The van der Waals surface area contributed by atoms with Crippen molar-refractivity contribution in [3.05, 3.63) is 0 Å². The SMILES string of the molecule is CCC(C)(C#N)C1CS(=O)(=O)CC1O. The molecular weight excluding hydrogens is 202 g/mol. The molecule has 0 spiro atoms. The second kappa shape index (κ2) is 3.52. The molecule has 14 heavy (non-hydrogen) atoms. The molecule has 5 heteroatoms. The summed E-state index contributed by atoms with van der Waals surface area (Å²) in [7, 11) is -3.15. The van der Waals surface area contributed by atoms with Gasteiger partial charge in [-0.2, -0.15) is 5.26 Å². The highest BCUT2D eigenvalue weighted by atomic mass is 32.2. The fraction of sp³-hybridized carbons (Fsp3) is 0.889. The molecule has 3 atom stereocenters. The molecule has 0 aromatic heterocycles. The first kappa shape index (κ1) is 11.5. The standard InChI is InChI=1S/C9H15NO3S/c1-3-9(2,6-10)7-4-14(12,13)5-8(7)11/h7-8,11H,3-5H2,1-2H3. The number of aliphatic hydroxyl groups excluding tert-OH is 1. The number of sulfone groups is 1. The Labute approximate surface area is 84.5 Å². The lowest BCUT2D eigenvalue weighted by Gasteiger charge is -2.28. The Kier molecular flexibility index (Phi) is 2.88. The van der Waals surface area contributed by atoms with E-state index in [1.165, 1.54) is 0 Å². The Morgan fingerprint density at radius 2 is 2.14 bits per heavy atom. The Bertz CT molecular complexity index is 357. The minimum atomic E-state index is -3.15. The molecule has 1 N–H and O–H groups in total. The highest BCUT2D eigenvalue weighted by Gasteiger charge is 2.46. The molecule has 1 rings (SSSR count). The highest BCUT2D eigenvalue weighted by Crippen LogP contribution is 2.37. The summed E-state index contributed by atoms with van der Waals surface area (Å²) in [6, 6.07) is 2.11. The molecule has 3 unspecified atom stereocenters. The zero-order valence-electron chi connectivity index (χ0n) is 8.40. The van der Waals surface area contributed by atoms with Gasteiger partial charge in [0, 0.05) is 5.92 Å². The van der Waals surface area contributed by atoms with Crippen molar-refractivity contribution >= 4 is 9.84 Å². The Morgan fingerprint density at radius 3 is 2.43 bits per heavy atom. The van der Waals surface area contributed by atoms with Crippen LogP contribution in [0.1, 0.15) is 20.3 Å². The molecule has 0 amide bonds. The van der Waals surface area contributed by atoms with Crippen molar-refractivity contribution in [1.29, 1.82) is 5.26 Å². The summed E-state index contributed by atoms with van der Waals surface area (Å²) in [5.41, 5.74) is -0.733. The van der Waals surface area contributed by atoms with Gasteiger partial charge in [0.05, 0.1) is 29.1 Å². The number of aliphatic hydroxyl groups is 1. The molecule has 0 aliphatic carbocycles. The van der Waals surface area contributed by atoms with Gasteiger partial charge >= 0.3 is 0 Å². The molecule has 1 aliphatic rings. The smallest absolute Gasteiger partial charge is 0.153 e. The molecular formula is C9H15NO3S. The van der Waals surface area contributed by atoms with E-state index in [1.54, 1.807) is 6.92 Å². The van der Waals surface area contributed by atoms with Crippen LogP contribution in [0.2, 0.25) is 0 Å². The summed E-state index contributed by atoms with van der Waals surface area (Å²) < 4.78 is 22.5. The summed E-state index contributed by atoms with van der Waals surface area (Å²) >= 11 is 0. The summed E-state index contributed by atoms with van der Waals surface area (Å²) in [6.07, 6.45) is -0.328. The number of hydrogen-bond donors (Lipinski definition) is 1. The van der Waals surface area contributed by atoms with Crippen molar-refractivity contribution in [2.45, 2.75) is 26.4 Å². The van der Waals surface area contributed by atoms with Crippen LogP contribution in [0.25, 0.3) is 0 Å². The molecule has 1 fully saturated rings. The summed E-state index contributed by atoms with van der Waals surface area (Å²) in [4.78, 5) is 0. The zero-order chi connectivity index (χ0) is 11.0. The highest BCUT2D eigenvalue weighted by molar-refractivity contribution is 7.91. The van der Waals surface area contributed by atoms with Crippen molar-refractivity contribution in [2.24, 2.45) is 11.3 Å². The molecule has 80 valence electrons. The van der Waals surface area contributed by atoms with E-state index in [2.05, 4.69) is 6.07 Å². The average molecular weight is 217 g/mol. The molecule has 0 aromatic carbocycles. The van der Waals surface area contributed by atoms with Crippen LogP contribution >= 0.6 is 0 Å². The van der Waals surface area contributed by atoms with Gasteiger partial charge in [0.1, 0.15) is 0 Å². The normalized spacial score (nSPS) is 34.7. The maximum atomic E-state index is 11.3. The van der Waals surface area contributed by atoms with Gasteiger partial charge < -0.3 is 5.11 Å². The van der Waals surface area contributed by atoms with E-state index in [0.29, 0.717) is 6.42 Å². The number of hydrogen-bond acceptors (Lipinski definition) is 4. The Hall–Kier alpha value is -0.600. The lowest BCUT2D eigenvalue weighted by atomic mass is 9.75. The molecule has 0 radical (unpaired) electrons. The van der Waals surface area contributed by atoms with Gasteiger partial charge in [0.15, 0.2) is 9.84 Å². The maximum Gasteiger partial charge on any atom is 0.153 e. The zero-order valence-corrected chi connectivity index (χ0v) is 9.21. The van der Waals surface area contributed by atoms with Gasteiger partial charge in [-0.1, -0.05) is 6.92 Å². The third kappa shape index (κ3) is 1.91. The van der Waals surface area contributed by atoms with Gasteiger partial charge in [0.2, 0.25) is 0 Å². The van der Waals surface area contributed by atoms with Crippen LogP contribution in [0.15, 0.2) is 0 Å². The second-order valence-electron chi connectivity index (χ2n) is 4.13. The summed E-state index contributed by atoms with van der Waals surface area (Å²) in [6.45, 7) is 3.54. The predicted octanol–water partition coefficient (Wildman–Crippen LogP) is 0.332. The van der Waals surface area contributed by atoms with E-state index in [-0.39, 0.29) is 11.5 Å². The fourth-order valence-electron chi connectivity index (χ4n) is 1.86. The number of nitriles is 1. The third-order valence-electron chi connectivity index (χ3n) is 3.13. The van der Waals surface area contributed by atoms with E-state index in [4.69, 9.17) is 5.26 Å². The van der Waals surface area contributed by atoms with E-state index in [0.717, 1.165) is 0 Å². The van der Waals surface area contributed by atoms with Crippen molar-refractivity contribution in [3.8, 4) is 6.07 Å². The molecule has 4 nitrogen and oxygen atoms in total. The first-order valence-corrected chi connectivity index (χ1v) is 6.46. The van der Waals surface area contributed by atoms with E-state index in [1.807, 2.05) is 6.92 Å². The third-order valence-corrected chi connectivity index (χ3v) is 4.85. The van der Waals surface area contributed by atoms with Crippen molar-refractivity contribution in [3.63, 3.8) is 0 Å². The number of rotatable bonds is 2. The van der Waals surface area contributed by atoms with E-state index >= 15 is 0 Å². The molecule has 0 aromatic rings. The van der Waals surface area contributed by atoms with Crippen LogP contribution in [0.5, 0.6) is 0 Å². The Morgan fingerprint density at radius 1 is 1.57 bits per heavy atom. The van der Waals surface area contributed by atoms with Crippen LogP contribution in [0.3, 0.4) is 0 Å². The van der Waals surface area contributed by atoms with Crippen LogP contribution in [0.4, 0.5) is 0 Å². The fourth-order valence-corrected chi connectivity index (χ4v) is 3.89. The number of nitrogens with zero attached hydrogens (tertiary/aromatic N) is 1.